The monoisotopic (exact) mass is 361 g/mol. The smallest absolute Gasteiger partial charge is 0.166 e. The van der Waals surface area contributed by atoms with E-state index in [1.807, 2.05) is 18.2 Å². The van der Waals surface area contributed by atoms with Crippen LogP contribution in [0.4, 0.5) is 11.4 Å². The van der Waals surface area contributed by atoms with Crippen LogP contribution in [0.1, 0.15) is 16.8 Å². The molecule has 2 aromatic carbocycles. The van der Waals surface area contributed by atoms with Gasteiger partial charge in [0.15, 0.2) is 5.78 Å². The van der Waals surface area contributed by atoms with Crippen molar-refractivity contribution in [3.63, 3.8) is 0 Å². The van der Waals surface area contributed by atoms with Crippen molar-refractivity contribution in [3.05, 3.63) is 40.4 Å². The Bertz CT molecular complexity index is 775. The average Bonchev–Trinajstić information content (AvgIpc) is 2.50. The molecule has 3 nitrogen and oxygen atoms in total. The fraction of sp³-hybridized carbons (Fsp3) is 0.188. The molecule has 2 aliphatic heterocycles. The molecule has 2 heterocycles. The number of rotatable bonds is 1. The fourth-order valence-corrected chi connectivity index (χ4v) is 4.36. The summed E-state index contributed by atoms with van der Waals surface area (Å²) in [6.07, 6.45) is 0.538. The minimum absolute atomic E-state index is 0.195. The molecule has 2 aliphatic rings. The molecule has 0 amide bonds. The van der Waals surface area contributed by atoms with Crippen LogP contribution in [-0.4, -0.2) is 19.4 Å². The lowest BCUT2D eigenvalue weighted by molar-refractivity contribution is 0.0980. The fourth-order valence-electron chi connectivity index (χ4n) is 2.88. The highest BCUT2D eigenvalue weighted by Crippen LogP contribution is 2.52. The summed E-state index contributed by atoms with van der Waals surface area (Å²) in [4.78, 5) is 16.8. The summed E-state index contributed by atoms with van der Waals surface area (Å²) in [7, 11) is 1.64. The number of fused-ring (bicyclic) bond motifs is 2. The molecule has 0 N–H and O–H groups in total. The molecule has 0 aliphatic carbocycles. The molecule has 106 valence electrons. The Labute approximate surface area is 135 Å². The molecule has 0 saturated heterocycles. The molecular weight excluding hydrogens is 350 g/mol. The lowest BCUT2D eigenvalue weighted by Crippen LogP contribution is -2.30. The third kappa shape index (κ3) is 1.99. The maximum absolute atomic E-state index is 12.3. The summed E-state index contributed by atoms with van der Waals surface area (Å²) in [5.74, 6) is 0.937. The van der Waals surface area contributed by atoms with Crippen LogP contribution < -0.4 is 9.64 Å². The second-order valence-electron chi connectivity index (χ2n) is 5.06. The zero-order valence-corrected chi connectivity index (χ0v) is 13.8. The largest absolute Gasteiger partial charge is 0.497 e. The van der Waals surface area contributed by atoms with Crippen molar-refractivity contribution in [1.29, 1.82) is 0 Å². The van der Waals surface area contributed by atoms with Gasteiger partial charge >= 0.3 is 0 Å². The van der Waals surface area contributed by atoms with Gasteiger partial charge < -0.3 is 9.64 Å². The van der Waals surface area contributed by atoms with Crippen LogP contribution >= 0.6 is 27.7 Å². The van der Waals surface area contributed by atoms with Gasteiger partial charge in [-0.15, -0.1) is 0 Å². The number of ketones is 1. The molecule has 2 aromatic rings. The molecule has 0 aromatic heterocycles. The first-order valence-electron chi connectivity index (χ1n) is 6.67. The maximum atomic E-state index is 12.3. The van der Waals surface area contributed by atoms with Crippen molar-refractivity contribution in [3.8, 4) is 5.75 Å². The minimum atomic E-state index is 0.195. The first-order chi connectivity index (χ1) is 10.2. The van der Waals surface area contributed by atoms with Gasteiger partial charge in [-0.1, -0.05) is 27.7 Å². The van der Waals surface area contributed by atoms with Crippen LogP contribution in [0.5, 0.6) is 5.75 Å². The Morgan fingerprint density at radius 2 is 2.10 bits per heavy atom. The first-order valence-corrected chi connectivity index (χ1v) is 8.28. The predicted octanol–water partition coefficient (Wildman–Crippen LogP) is 4.65. The van der Waals surface area contributed by atoms with Crippen molar-refractivity contribution in [2.24, 2.45) is 0 Å². The molecule has 0 atom stereocenters. The maximum Gasteiger partial charge on any atom is 0.166 e. The summed E-state index contributed by atoms with van der Waals surface area (Å²) >= 11 is 5.23. The second kappa shape index (κ2) is 4.78. The predicted molar refractivity (Wildman–Crippen MR) is 87.2 cm³/mol. The summed E-state index contributed by atoms with van der Waals surface area (Å²) in [6, 6.07) is 10.2. The summed E-state index contributed by atoms with van der Waals surface area (Å²) in [5, 5.41) is 0. The van der Waals surface area contributed by atoms with Gasteiger partial charge in [0.05, 0.1) is 18.5 Å². The van der Waals surface area contributed by atoms with Crippen molar-refractivity contribution in [2.75, 3.05) is 18.6 Å². The van der Waals surface area contributed by atoms with E-state index in [1.165, 1.54) is 10.6 Å². The topological polar surface area (TPSA) is 29.5 Å². The van der Waals surface area contributed by atoms with Crippen molar-refractivity contribution in [1.82, 2.24) is 0 Å². The molecular formula is C16H12BrNO2S. The van der Waals surface area contributed by atoms with Crippen LogP contribution in [0, 0.1) is 0 Å². The normalized spacial score (nSPS) is 15.5. The highest BCUT2D eigenvalue weighted by molar-refractivity contribution is 9.10. The number of ether oxygens (including phenoxy) is 1. The van der Waals surface area contributed by atoms with E-state index in [9.17, 15) is 4.79 Å². The van der Waals surface area contributed by atoms with Gasteiger partial charge in [-0.25, -0.2) is 0 Å². The summed E-state index contributed by atoms with van der Waals surface area (Å²) in [5.41, 5.74) is 2.97. The first kappa shape index (κ1) is 13.2. The van der Waals surface area contributed by atoms with Gasteiger partial charge in [-0.05, 0) is 30.3 Å². The van der Waals surface area contributed by atoms with Crippen molar-refractivity contribution in [2.45, 2.75) is 16.2 Å². The number of nitrogens with zero attached hydrogens (tertiary/aromatic N) is 1. The van der Waals surface area contributed by atoms with E-state index in [0.717, 1.165) is 32.9 Å². The van der Waals surface area contributed by atoms with Gasteiger partial charge in [-0.3, -0.25) is 4.79 Å². The molecule has 0 unspecified atom stereocenters. The second-order valence-corrected chi connectivity index (χ2v) is 7.06. The van der Waals surface area contributed by atoms with Crippen molar-refractivity contribution < 1.29 is 9.53 Å². The van der Waals surface area contributed by atoms with E-state index < -0.39 is 0 Å². The number of halogens is 1. The van der Waals surface area contributed by atoms with Crippen LogP contribution in [0.3, 0.4) is 0 Å². The van der Waals surface area contributed by atoms with Crippen LogP contribution in [0.25, 0.3) is 0 Å². The van der Waals surface area contributed by atoms with Gasteiger partial charge in [0.2, 0.25) is 0 Å². The number of Topliss-reactive ketones (excluding diaryl/α,β-unsaturated/α-hetero) is 1. The molecule has 0 bridgehead atoms. The van der Waals surface area contributed by atoms with Gasteiger partial charge in [0.25, 0.3) is 0 Å². The average molecular weight is 362 g/mol. The zero-order valence-electron chi connectivity index (χ0n) is 11.4. The van der Waals surface area contributed by atoms with E-state index in [4.69, 9.17) is 4.74 Å². The molecule has 0 spiro atoms. The number of hydrogen-bond acceptors (Lipinski definition) is 4. The number of methoxy groups -OCH3 is 1. The van der Waals surface area contributed by atoms with Gasteiger partial charge in [0, 0.05) is 32.8 Å². The van der Waals surface area contributed by atoms with Crippen LogP contribution in [-0.2, 0) is 0 Å². The molecule has 0 saturated carbocycles. The van der Waals surface area contributed by atoms with E-state index in [1.54, 1.807) is 18.9 Å². The van der Waals surface area contributed by atoms with E-state index in [-0.39, 0.29) is 5.78 Å². The number of hydrogen-bond donors (Lipinski definition) is 0. The Morgan fingerprint density at radius 3 is 2.90 bits per heavy atom. The Morgan fingerprint density at radius 1 is 1.24 bits per heavy atom. The number of anilines is 2. The highest BCUT2D eigenvalue weighted by Gasteiger charge is 2.32. The third-order valence-electron chi connectivity index (χ3n) is 3.85. The molecule has 5 heteroatoms. The van der Waals surface area contributed by atoms with Gasteiger partial charge in [0.1, 0.15) is 5.75 Å². The Kier molecular flexibility index (Phi) is 3.01. The molecule has 0 fully saturated rings. The molecule has 21 heavy (non-hydrogen) atoms. The Balaban J connectivity index is 1.98. The zero-order chi connectivity index (χ0) is 14.6. The van der Waals surface area contributed by atoms with E-state index >= 15 is 0 Å². The van der Waals surface area contributed by atoms with Crippen molar-refractivity contribution >= 4 is 44.8 Å². The van der Waals surface area contributed by atoms with E-state index in [2.05, 4.69) is 33.0 Å². The number of carbonyl (C=O) groups is 1. The number of carbonyl (C=O) groups excluding carboxylic acids is 1. The SMILES string of the molecule is COc1cc2c3c(c1)C(=O)CCN3c1cc(Br)ccc1S2. The van der Waals surface area contributed by atoms with Gasteiger partial charge in [-0.2, -0.15) is 0 Å². The lowest BCUT2D eigenvalue weighted by atomic mass is 9.99. The van der Waals surface area contributed by atoms with Crippen LogP contribution in [0.15, 0.2) is 44.6 Å². The summed E-state index contributed by atoms with van der Waals surface area (Å²) in [6.45, 7) is 0.731. The third-order valence-corrected chi connectivity index (χ3v) is 5.44. The molecule has 0 radical (unpaired) electrons. The minimum Gasteiger partial charge on any atom is -0.497 e. The lowest BCUT2D eigenvalue weighted by Gasteiger charge is -2.37. The Hall–Kier alpha value is -1.46. The highest BCUT2D eigenvalue weighted by atomic mass is 79.9. The summed E-state index contributed by atoms with van der Waals surface area (Å²) < 4.78 is 6.40. The van der Waals surface area contributed by atoms with Crippen LogP contribution in [0.2, 0.25) is 0 Å². The standard InChI is InChI=1S/C16H12BrNO2S/c1-20-10-7-11-13(19)4-5-18-12-6-9(17)2-3-14(12)21-15(8-10)16(11)18/h2-3,6-8H,4-5H2,1H3. The number of benzene rings is 2. The van der Waals surface area contributed by atoms with E-state index in [0.29, 0.717) is 6.42 Å². The molecule has 4 rings (SSSR count). The quantitative estimate of drug-likeness (QED) is 0.739.